The minimum atomic E-state index is -0.630. The number of carbonyl (C=O) groups is 1. The monoisotopic (exact) mass is 341 g/mol. The largest absolute Gasteiger partial charge is 0.454 e. The Morgan fingerprint density at radius 3 is 3.00 bits per heavy atom. The van der Waals surface area contributed by atoms with Crippen LogP contribution in [0.25, 0.3) is 5.82 Å². The predicted octanol–water partition coefficient (Wildman–Crippen LogP) is 3.08. The quantitative estimate of drug-likeness (QED) is 0.619. The van der Waals surface area contributed by atoms with Gasteiger partial charge in [0.15, 0.2) is 11.9 Å². The highest BCUT2D eigenvalue weighted by Gasteiger charge is 2.19. The van der Waals surface area contributed by atoms with E-state index in [2.05, 4.69) is 32.6 Å². The van der Waals surface area contributed by atoms with E-state index in [9.17, 15) is 4.79 Å². The van der Waals surface area contributed by atoms with Gasteiger partial charge in [-0.25, -0.2) is 9.67 Å². The predicted molar refractivity (Wildman–Crippen MR) is 74.2 cm³/mol. The first-order chi connectivity index (χ1) is 9.17. The molecule has 0 aliphatic carbocycles. The van der Waals surface area contributed by atoms with E-state index < -0.39 is 6.10 Å². The van der Waals surface area contributed by atoms with Crippen LogP contribution >= 0.6 is 27.5 Å². The number of halogens is 2. The number of hydrogen-bond donors (Lipinski definition) is 0. The molecule has 0 bridgehead atoms. The summed E-state index contributed by atoms with van der Waals surface area (Å²) in [7, 11) is 0. The van der Waals surface area contributed by atoms with Gasteiger partial charge in [0.25, 0.3) is 6.47 Å². The maximum absolute atomic E-state index is 10.5. The highest BCUT2D eigenvalue weighted by molar-refractivity contribution is 9.10. The molecule has 0 fully saturated rings. The second kappa shape index (κ2) is 5.99. The molecule has 0 N–H and O–H groups in total. The van der Waals surface area contributed by atoms with Crippen molar-refractivity contribution in [1.82, 2.24) is 14.8 Å². The van der Waals surface area contributed by atoms with Gasteiger partial charge in [-0.15, -0.1) is 0 Å². The molecule has 2 rings (SSSR count). The molecular formula is C12H9BrClN3O2. The maximum Gasteiger partial charge on any atom is 0.294 e. The third kappa shape index (κ3) is 2.85. The van der Waals surface area contributed by atoms with E-state index in [1.807, 2.05) is 0 Å². The molecule has 0 spiro atoms. The number of nitrogens with zero attached hydrogens (tertiary/aromatic N) is 3. The summed E-state index contributed by atoms with van der Waals surface area (Å²) in [6, 6.07) is 5.13. The second-order valence-electron chi connectivity index (χ2n) is 3.50. The molecule has 19 heavy (non-hydrogen) atoms. The summed E-state index contributed by atoms with van der Waals surface area (Å²) >= 11 is 9.36. The second-order valence-corrected chi connectivity index (χ2v) is 4.72. The SMILES string of the molecule is C=CC(OC=O)c1cc(Br)nn1-c1ncccc1Cl. The Labute approximate surface area is 123 Å². The Kier molecular flexibility index (Phi) is 4.34. The molecule has 0 saturated heterocycles. The number of carbonyl (C=O) groups excluding carboxylic acids is 1. The van der Waals surface area contributed by atoms with Gasteiger partial charge >= 0.3 is 0 Å². The number of rotatable bonds is 5. The Hall–Kier alpha value is -1.66. The van der Waals surface area contributed by atoms with Gasteiger partial charge in [0, 0.05) is 6.20 Å². The van der Waals surface area contributed by atoms with E-state index in [0.717, 1.165) is 0 Å². The van der Waals surface area contributed by atoms with Crippen LogP contribution in [-0.2, 0) is 9.53 Å². The summed E-state index contributed by atoms with van der Waals surface area (Å²) in [5.41, 5.74) is 0.592. The van der Waals surface area contributed by atoms with Gasteiger partial charge < -0.3 is 4.74 Å². The minimum absolute atomic E-state index is 0.359. The normalized spacial score (nSPS) is 11.9. The molecule has 2 aromatic heterocycles. The van der Waals surface area contributed by atoms with Crippen LogP contribution in [0.4, 0.5) is 0 Å². The maximum atomic E-state index is 10.5. The molecule has 0 aliphatic heterocycles. The molecular weight excluding hydrogens is 334 g/mol. The molecule has 7 heteroatoms. The van der Waals surface area contributed by atoms with Crippen molar-refractivity contribution in [2.75, 3.05) is 0 Å². The van der Waals surface area contributed by atoms with Crippen LogP contribution in [0.3, 0.4) is 0 Å². The van der Waals surface area contributed by atoms with Crippen LogP contribution in [0.15, 0.2) is 41.7 Å². The molecule has 1 unspecified atom stereocenters. The summed E-state index contributed by atoms with van der Waals surface area (Å²) < 4.78 is 7.02. The van der Waals surface area contributed by atoms with Crippen LogP contribution in [-0.4, -0.2) is 21.2 Å². The minimum Gasteiger partial charge on any atom is -0.454 e. The van der Waals surface area contributed by atoms with E-state index >= 15 is 0 Å². The molecule has 0 saturated carbocycles. The third-order valence-electron chi connectivity index (χ3n) is 2.35. The molecule has 1 atom stereocenters. The molecule has 5 nitrogen and oxygen atoms in total. The fourth-order valence-electron chi connectivity index (χ4n) is 1.58. The highest BCUT2D eigenvalue weighted by atomic mass is 79.9. The number of hydrogen-bond acceptors (Lipinski definition) is 4. The molecule has 0 amide bonds. The third-order valence-corrected chi connectivity index (χ3v) is 3.04. The van der Waals surface area contributed by atoms with Crippen molar-refractivity contribution in [2.45, 2.75) is 6.10 Å². The summed E-state index contributed by atoms with van der Waals surface area (Å²) in [6.45, 7) is 3.99. The Balaban J connectivity index is 2.55. The number of aromatic nitrogens is 3. The molecule has 0 aromatic carbocycles. The van der Waals surface area contributed by atoms with Crippen LogP contribution in [0.1, 0.15) is 11.8 Å². The van der Waals surface area contributed by atoms with Crippen molar-refractivity contribution < 1.29 is 9.53 Å². The van der Waals surface area contributed by atoms with Gasteiger partial charge in [-0.05, 0) is 40.2 Å². The van der Waals surface area contributed by atoms with Crippen molar-refractivity contribution in [3.05, 3.63) is 52.4 Å². The van der Waals surface area contributed by atoms with Gasteiger partial charge in [-0.2, -0.15) is 5.10 Å². The van der Waals surface area contributed by atoms with Gasteiger partial charge in [0.05, 0.1) is 10.7 Å². The van der Waals surface area contributed by atoms with E-state index in [0.29, 0.717) is 27.6 Å². The van der Waals surface area contributed by atoms with Crippen LogP contribution in [0.2, 0.25) is 5.02 Å². The van der Waals surface area contributed by atoms with E-state index in [1.165, 1.54) is 10.8 Å². The summed E-state index contributed by atoms with van der Waals surface area (Å²) in [6.07, 6.45) is 2.46. The Morgan fingerprint density at radius 1 is 1.58 bits per heavy atom. The molecule has 0 aliphatic rings. The zero-order valence-corrected chi connectivity index (χ0v) is 12.0. The Morgan fingerprint density at radius 2 is 2.37 bits per heavy atom. The number of ether oxygens (including phenoxy) is 1. The zero-order chi connectivity index (χ0) is 13.8. The lowest BCUT2D eigenvalue weighted by Gasteiger charge is -2.13. The van der Waals surface area contributed by atoms with Crippen molar-refractivity contribution in [1.29, 1.82) is 0 Å². The fraction of sp³-hybridized carbons (Fsp3) is 0.0833. The van der Waals surface area contributed by atoms with Crippen LogP contribution in [0, 0.1) is 0 Å². The summed E-state index contributed by atoms with van der Waals surface area (Å²) in [5.74, 6) is 0.450. The van der Waals surface area contributed by atoms with Crippen molar-refractivity contribution in [3.8, 4) is 5.82 Å². The highest BCUT2D eigenvalue weighted by Crippen LogP contribution is 2.26. The van der Waals surface area contributed by atoms with Crippen LogP contribution < -0.4 is 0 Å². The topological polar surface area (TPSA) is 57.0 Å². The van der Waals surface area contributed by atoms with Crippen molar-refractivity contribution in [2.24, 2.45) is 0 Å². The van der Waals surface area contributed by atoms with Gasteiger partial charge in [0.2, 0.25) is 0 Å². The average molecular weight is 343 g/mol. The van der Waals surface area contributed by atoms with Gasteiger partial charge in [-0.1, -0.05) is 18.2 Å². The van der Waals surface area contributed by atoms with Crippen LogP contribution in [0.5, 0.6) is 0 Å². The first-order valence-corrected chi connectivity index (χ1v) is 6.42. The standard InChI is InChI=1S/C12H9BrClN3O2/c1-2-10(19-7-18)9-6-11(13)16-17(9)12-8(14)4-3-5-15-12/h2-7,10H,1H2. The molecule has 0 radical (unpaired) electrons. The summed E-state index contributed by atoms with van der Waals surface area (Å²) in [5, 5.41) is 4.67. The zero-order valence-electron chi connectivity index (χ0n) is 9.66. The van der Waals surface area contributed by atoms with E-state index in [1.54, 1.807) is 24.4 Å². The van der Waals surface area contributed by atoms with E-state index in [-0.39, 0.29) is 0 Å². The number of pyridine rings is 1. The summed E-state index contributed by atoms with van der Waals surface area (Å²) in [4.78, 5) is 14.7. The molecule has 2 aromatic rings. The lowest BCUT2D eigenvalue weighted by atomic mass is 10.2. The smallest absolute Gasteiger partial charge is 0.294 e. The Bertz CT molecular complexity index is 615. The van der Waals surface area contributed by atoms with Gasteiger partial charge in [-0.3, -0.25) is 4.79 Å². The molecule has 2 heterocycles. The van der Waals surface area contributed by atoms with Gasteiger partial charge in [0.1, 0.15) is 4.60 Å². The lowest BCUT2D eigenvalue weighted by molar-refractivity contribution is -0.132. The van der Waals surface area contributed by atoms with E-state index in [4.69, 9.17) is 16.3 Å². The lowest BCUT2D eigenvalue weighted by Crippen LogP contribution is -2.10. The fourth-order valence-corrected chi connectivity index (χ4v) is 2.17. The first-order valence-electron chi connectivity index (χ1n) is 5.25. The van der Waals surface area contributed by atoms with Crippen molar-refractivity contribution >= 4 is 34.0 Å². The molecule has 98 valence electrons. The first kappa shape index (κ1) is 13.8. The average Bonchev–Trinajstić information content (AvgIpc) is 2.78. The van der Waals surface area contributed by atoms with Crippen molar-refractivity contribution in [3.63, 3.8) is 0 Å².